The van der Waals surface area contributed by atoms with Gasteiger partial charge in [0.2, 0.25) is 0 Å². The van der Waals surface area contributed by atoms with Gasteiger partial charge in [-0.25, -0.2) is 0 Å². The Labute approximate surface area is 82.9 Å². The summed E-state index contributed by atoms with van der Waals surface area (Å²) in [5.41, 5.74) is 0.154. The summed E-state index contributed by atoms with van der Waals surface area (Å²) in [5, 5.41) is 0. The lowest BCUT2D eigenvalue weighted by Crippen LogP contribution is -2.16. The predicted molar refractivity (Wildman–Crippen MR) is 57.5 cm³/mol. The van der Waals surface area contributed by atoms with E-state index >= 15 is 0 Å². The van der Waals surface area contributed by atoms with E-state index in [1.54, 1.807) is 6.92 Å². The molecule has 0 saturated heterocycles. The zero-order valence-corrected chi connectivity index (χ0v) is 9.36. The minimum absolute atomic E-state index is 0.154. The zero-order chi connectivity index (χ0) is 10.3. The maximum Gasteiger partial charge on any atom is 0.129 e. The van der Waals surface area contributed by atoms with Gasteiger partial charge in [0.05, 0.1) is 0 Å². The fraction of sp³-hybridized carbons (Fsp3) is 0.833. The van der Waals surface area contributed by atoms with Crippen LogP contribution in [0.2, 0.25) is 0 Å². The molecule has 1 nitrogen and oxygen atoms in total. The summed E-state index contributed by atoms with van der Waals surface area (Å²) in [6, 6.07) is 0. The fourth-order valence-electron chi connectivity index (χ4n) is 1.47. The summed E-state index contributed by atoms with van der Waals surface area (Å²) < 4.78 is 0. The van der Waals surface area contributed by atoms with Crippen molar-refractivity contribution in [1.29, 1.82) is 0 Å². The third kappa shape index (κ3) is 5.84. The summed E-state index contributed by atoms with van der Waals surface area (Å²) in [7, 11) is 0. The smallest absolute Gasteiger partial charge is 0.129 e. The van der Waals surface area contributed by atoms with E-state index in [2.05, 4.69) is 20.8 Å². The highest BCUT2D eigenvalue weighted by Crippen LogP contribution is 2.32. The lowest BCUT2D eigenvalue weighted by atomic mass is 9.78. The monoisotopic (exact) mass is 183 g/mol. The van der Waals surface area contributed by atoms with Crippen molar-refractivity contribution in [2.24, 2.45) is 5.41 Å². The molecule has 0 N–H and O–H groups in total. The molecular weight excluding hydrogens is 160 g/mol. The van der Waals surface area contributed by atoms with Gasteiger partial charge < -0.3 is 4.79 Å². The van der Waals surface area contributed by atoms with E-state index in [0.29, 0.717) is 6.42 Å². The second-order valence-corrected chi connectivity index (χ2v) is 4.16. The molecular formula is C12H23O. The van der Waals surface area contributed by atoms with Gasteiger partial charge in [0, 0.05) is 6.42 Å². The molecule has 0 bridgehead atoms. The van der Waals surface area contributed by atoms with Crippen molar-refractivity contribution in [2.45, 2.75) is 59.3 Å². The largest absolute Gasteiger partial charge is 0.300 e. The Hall–Kier alpha value is -0.330. The quantitative estimate of drug-likeness (QED) is 0.587. The Bertz CT molecular complexity index is 151. The SMILES string of the molecule is [CH2]C(CC)(CCCC)CCC(C)=O. The lowest BCUT2D eigenvalue weighted by molar-refractivity contribution is -0.117. The van der Waals surface area contributed by atoms with Crippen molar-refractivity contribution in [3.63, 3.8) is 0 Å². The van der Waals surface area contributed by atoms with E-state index in [1.165, 1.54) is 12.8 Å². The molecule has 0 aromatic carbocycles. The normalized spacial score (nSPS) is 15.4. The molecule has 0 aliphatic carbocycles. The standard InChI is InChI=1S/C12H23O/c1-5-7-9-12(4,6-2)10-8-11(3)13/h4-10H2,1-3H3. The summed E-state index contributed by atoms with van der Waals surface area (Å²) in [6.45, 7) is 10.3. The molecule has 1 unspecified atom stereocenters. The van der Waals surface area contributed by atoms with Gasteiger partial charge in [-0.05, 0) is 32.1 Å². The molecule has 0 amide bonds. The van der Waals surface area contributed by atoms with Gasteiger partial charge in [-0.1, -0.05) is 33.1 Å². The van der Waals surface area contributed by atoms with Crippen LogP contribution in [0, 0.1) is 12.3 Å². The van der Waals surface area contributed by atoms with Gasteiger partial charge >= 0.3 is 0 Å². The van der Waals surface area contributed by atoms with E-state index in [1.807, 2.05) is 0 Å². The van der Waals surface area contributed by atoms with Crippen LogP contribution in [0.3, 0.4) is 0 Å². The van der Waals surface area contributed by atoms with Crippen molar-refractivity contribution in [2.75, 3.05) is 0 Å². The second kappa shape index (κ2) is 6.17. The highest BCUT2D eigenvalue weighted by molar-refractivity contribution is 5.75. The Morgan fingerprint density at radius 1 is 1.31 bits per heavy atom. The fourth-order valence-corrected chi connectivity index (χ4v) is 1.47. The molecule has 0 aromatic heterocycles. The maximum absolute atomic E-state index is 10.9. The number of carbonyl (C=O) groups excluding carboxylic acids is 1. The van der Waals surface area contributed by atoms with E-state index in [0.717, 1.165) is 19.3 Å². The summed E-state index contributed by atoms with van der Waals surface area (Å²) in [6.07, 6.45) is 6.35. The average molecular weight is 183 g/mol. The average Bonchev–Trinajstić information content (AvgIpc) is 2.11. The first-order valence-corrected chi connectivity index (χ1v) is 5.39. The number of ketones is 1. The second-order valence-electron chi connectivity index (χ2n) is 4.16. The number of hydrogen-bond acceptors (Lipinski definition) is 1. The zero-order valence-electron chi connectivity index (χ0n) is 9.36. The van der Waals surface area contributed by atoms with Crippen molar-refractivity contribution in [3.8, 4) is 0 Å². The van der Waals surface area contributed by atoms with Crippen LogP contribution in [-0.2, 0) is 4.79 Å². The van der Waals surface area contributed by atoms with E-state index in [4.69, 9.17) is 0 Å². The lowest BCUT2D eigenvalue weighted by Gasteiger charge is -2.27. The van der Waals surface area contributed by atoms with Gasteiger partial charge in [0.15, 0.2) is 0 Å². The van der Waals surface area contributed by atoms with Gasteiger partial charge in [0.1, 0.15) is 5.78 Å². The van der Waals surface area contributed by atoms with Gasteiger partial charge in [0.25, 0.3) is 0 Å². The molecule has 13 heavy (non-hydrogen) atoms. The number of Topliss-reactive ketones (excluding diaryl/α,β-unsaturated/α-hetero) is 1. The Kier molecular flexibility index (Phi) is 6.02. The molecule has 0 fully saturated rings. The van der Waals surface area contributed by atoms with E-state index in [9.17, 15) is 4.79 Å². The number of hydrogen-bond donors (Lipinski definition) is 0. The molecule has 0 rings (SSSR count). The van der Waals surface area contributed by atoms with Crippen LogP contribution >= 0.6 is 0 Å². The van der Waals surface area contributed by atoms with Crippen molar-refractivity contribution < 1.29 is 4.79 Å². The third-order valence-corrected chi connectivity index (χ3v) is 2.82. The maximum atomic E-state index is 10.9. The predicted octanol–water partition coefficient (Wildman–Crippen LogP) is 3.78. The number of carbonyl (C=O) groups is 1. The van der Waals surface area contributed by atoms with Crippen molar-refractivity contribution in [3.05, 3.63) is 6.92 Å². The van der Waals surface area contributed by atoms with Crippen LogP contribution in [-0.4, -0.2) is 5.78 Å². The summed E-state index contributed by atoms with van der Waals surface area (Å²) >= 11 is 0. The molecule has 0 aromatic rings. The van der Waals surface area contributed by atoms with Crippen LogP contribution in [0.4, 0.5) is 0 Å². The molecule has 1 heteroatoms. The van der Waals surface area contributed by atoms with Crippen LogP contribution in [0.1, 0.15) is 59.3 Å². The van der Waals surface area contributed by atoms with Crippen LogP contribution in [0.5, 0.6) is 0 Å². The first-order valence-electron chi connectivity index (χ1n) is 5.39. The van der Waals surface area contributed by atoms with E-state index in [-0.39, 0.29) is 11.2 Å². The van der Waals surface area contributed by atoms with Crippen LogP contribution < -0.4 is 0 Å². The Morgan fingerprint density at radius 2 is 1.92 bits per heavy atom. The molecule has 0 aliphatic rings. The van der Waals surface area contributed by atoms with E-state index < -0.39 is 0 Å². The first kappa shape index (κ1) is 12.7. The Balaban J connectivity index is 3.87. The van der Waals surface area contributed by atoms with Gasteiger partial charge in [-0.15, -0.1) is 0 Å². The molecule has 1 radical (unpaired) electrons. The van der Waals surface area contributed by atoms with Crippen LogP contribution in [0.15, 0.2) is 0 Å². The molecule has 0 saturated carbocycles. The third-order valence-electron chi connectivity index (χ3n) is 2.82. The summed E-state index contributed by atoms with van der Waals surface area (Å²) in [4.78, 5) is 10.9. The van der Waals surface area contributed by atoms with Gasteiger partial charge in [-0.2, -0.15) is 0 Å². The first-order chi connectivity index (χ1) is 6.04. The van der Waals surface area contributed by atoms with Gasteiger partial charge in [-0.3, -0.25) is 0 Å². The molecule has 0 spiro atoms. The number of unbranched alkanes of at least 4 members (excludes halogenated alkanes) is 1. The highest BCUT2D eigenvalue weighted by atomic mass is 16.1. The van der Waals surface area contributed by atoms with Crippen molar-refractivity contribution in [1.82, 2.24) is 0 Å². The topological polar surface area (TPSA) is 17.1 Å². The molecule has 0 aliphatic heterocycles. The Morgan fingerprint density at radius 3 is 2.31 bits per heavy atom. The summed E-state index contributed by atoms with van der Waals surface area (Å²) in [5.74, 6) is 0.290. The molecule has 1 atom stereocenters. The highest BCUT2D eigenvalue weighted by Gasteiger charge is 2.21. The van der Waals surface area contributed by atoms with Crippen molar-refractivity contribution >= 4 is 5.78 Å². The minimum Gasteiger partial charge on any atom is -0.300 e. The van der Waals surface area contributed by atoms with Crippen LogP contribution in [0.25, 0.3) is 0 Å². The molecule has 0 heterocycles. The number of rotatable bonds is 7. The molecule has 77 valence electrons. The minimum atomic E-state index is 0.154.